The van der Waals surface area contributed by atoms with Gasteiger partial charge in [-0.2, -0.15) is 0 Å². The van der Waals surface area contributed by atoms with Crippen molar-refractivity contribution >= 4 is 40.2 Å². The SMILES string of the molecule is COc1ccc(C)cc1-n1c(SCC(=O)N2CCC(C)CC2)nc2cc(Cl)ccc2c1=O. The first-order chi connectivity index (χ1) is 15.4. The van der Waals surface area contributed by atoms with Gasteiger partial charge in [0, 0.05) is 18.1 Å². The monoisotopic (exact) mass is 471 g/mol. The minimum Gasteiger partial charge on any atom is -0.495 e. The predicted octanol–water partition coefficient (Wildman–Crippen LogP) is 4.71. The molecule has 1 amide bonds. The van der Waals surface area contributed by atoms with E-state index in [0.717, 1.165) is 31.5 Å². The summed E-state index contributed by atoms with van der Waals surface area (Å²) in [7, 11) is 1.57. The Morgan fingerprint density at radius 1 is 1.22 bits per heavy atom. The Balaban J connectivity index is 1.77. The summed E-state index contributed by atoms with van der Waals surface area (Å²) in [4.78, 5) is 33.0. The van der Waals surface area contributed by atoms with Gasteiger partial charge in [-0.05, 0) is 61.6 Å². The van der Waals surface area contributed by atoms with Gasteiger partial charge in [0.05, 0.1) is 29.5 Å². The molecule has 0 saturated carbocycles. The third kappa shape index (κ3) is 4.64. The number of ether oxygens (including phenoxy) is 1. The number of halogens is 1. The van der Waals surface area contributed by atoms with Crippen LogP contribution in [0.15, 0.2) is 46.3 Å². The number of aryl methyl sites for hydroxylation is 1. The zero-order valence-electron chi connectivity index (χ0n) is 18.4. The van der Waals surface area contributed by atoms with Crippen LogP contribution in [-0.4, -0.2) is 46.3 Å². The van der Waals surface area contributed by atoms with E-state index in [4.69, 9.17) is 21.3 Å². The lowest BCUT2D eigenvalue weighted by Crippen LogP contribution is -2.39. The molecule has 1 aliphatic rings. The highest BCUT2D eigenvalue weighted by Crippen LogP contribution is 2.29. The number of carbonyl (C=O) groups is 1. The molecule has 1 aliphatic heterocycles. The molecular formula is C24H26ClN3O3S. The lowest BCUT2D eigenvalue weighted by atomic mass is 9.99. The molecule has 2 aromatic carbocycles. The highest BCUT2D eigenvalue weighted by molar-refractivity contribution is 7.99. The Morgan fingerprint density at radius 2 is 1.97 bits per heavy atom. The lowest BCUT2D eigenvalue weighted by molar-refractivity contribution is -0.129. The third-order valence-electron chi connectivity index (χ3n) is 5.84. The van der Waals surface area contributed by atoms with Crippen molar-refractivity contribution in [3.05, 3.63) is 57.3 Å². The standard InChI is InChI=1S/C24H26ClN3O3S/c1-15-8-10-27(11-9-15)22(29)14-32-24-26-19-13-17(25)5-6-18(19)23(30)28(24)20-12-16(2)4-7-21(20)31-3/h4-7,12-13,15H,8-11,14H2,1-3H3. The highest BCUT2D eigenvalue weighted by atomic mass is 35.5. The first kappa shape index (κ1) is 22.7. The van der Waals surface area contributed by atoms with Crippen molar-refractivity contribution < 1.29 is 9.53 Å². The summed E-state index contributed by atoms with van der Waals surface area (Å²) < 4.78 is 7.07. The van der Waals surface area contributed by atoms with E-state index in [-0.39, 0.29) is 17.2 Å². The van der Waals surface area contributed by atoms with Gasteiger partial charge in [0.25, 0.3) is 5.56 Å². The van der Waals surface area contributed by atoms with Crippen LogP contribution in [0.4, 0.5) is 0 Å². The van der Waals surface area contributed by atoms with Crippen molar-refractivity contribution in [2.24, 2.45) is 5.92 Å². The van der Waals surface area contributed by atoms with E-state index in [1.807, 2.05) is 30.0 Å². The fourth-order valence-electron chi connectivity index (χ4n) is 3.90. The van der Waals surface area contributed by atoms with Crippen LogP contribution in [0.1, 0.15) is 25.3 Å². The molecule has 3 aromatic rings. The Morgan fingerprint density at radius 3 is 2.69 bits per heavy atom. The molecule has 0 unspecified atom stereocenters. The largest absolute Gasteiger partial charge is 0.495 e. The van der Waals surface area contributed by atoms with Gasteiger partial charge in [0.2, 0.25) is 5.91 Å². The van der Waals surface area contributed by atoms with Crippen molar-refractivity contribution in [1.29, 1.82) is 0 Å². The average molecular weight is 472 g/mol. The Labute approximate surface area is 196 Å². The van der Waals surface area contributed by atoms with Gasteiger partial charge in [-0.1, -0.05) is 36.4 Å². The van der Waals surface area contributed by atoms with Crippen LogP contribution >= 0.6 is 23.4 Å². The summed E-state index contributed by atoms with van der Waals surface area (Å²) in [6, 6.07) is 10.7. The van der Waals surface area contributed by atoms with Crippen LogP contribution in [0.2, 0.25) is 5.02 Å². The number of hydrogen-bond donors (Lipinski definition) is 0. The number of nitrogens with zero attached hydrogens (tertiary/aromatic N) is 3. The number of benzene rings is 2. The molecule has 32 heavy (non-hydrogen) atoms. The van der Waals surface area contributed by atoms with Crippen LogP contribution < -0.4 is 10.3 Å². The number of carbonyl (C=O) groups excluding carboxylic acids is 1. The second kappa shape index (κ2) is 9.55. The van der Waals surface area contributed by atoms with E-state index >= 15 is 0 Å². The van der Waals surface area contributed by atoms with Crippen molar-refractivity contribution in [3.8, 4) is 11.4 Å². The maximum absolute atomic E-state index is 13.5. The smallest absolute Gasteiger partial charge is 0.266 e. The molecule has 0 N–H and O–H groups in total. The van der Waals surface area contributed by atoms with Crippen molar-refractivity contribution in [1.82, 2.24) is 14.5 Å². The number of methoxy groups -OCH3 is 1. The predicted molar refractivity (Wildman–Crippen MR) is 129 cm³/mol. The van der Waals surface area contributed by atoms with Gasteiger partial charge >= 0.3 is 0 Å². The molecule has 2 heterocycles. The summed E-state index contributed by atoms with van der Waals surface area (Å²) in [5.74, 6) is 1.48. The minimum absolute atomic E-state index is 0.0603. The van der Waals surface area contributed by atoms with Crippen molar-refractivity contribution in [3.63, 3.8) is 0 Å². The minimum atomic E-state index is -0.225. The topological polar surface area (TPSA) is 64.4 Å². The number of rotatable bonds is 5. The Hall–Kier alpha value is -2.51. The summed E-state index contributed by atoms with van der Waals surface area (Å²) in [6.07, 6.45) is 2.04. The fourth-order valence-corrected chi connectivity index (χ4v) is 4.97. The van der Waals surface area contributed by atoms with Crippen LogP contribution in [0.3, 0.4) is 0 Å². The first-order valence-electron chi connectivity index (χ1n) is 10.6. The molecule has 6 nitrogen and oxygen atoms in total. The molecule has 0 aliphatic carbocycles. The molecule has 4 rings (SSSR count). The number of amides is 1. The van der Waals surface area contributed by atoms with Crippen LogP contribution in [-0.2, 0) is 4.79 Å². The van der Waals surface area contributed by atoms with Gasteiger partial charge in [-0.15, -0.1) is 0 Å². The molecule has 1 fully saturated rings. The molecular weight excluding hydrogens is 446 g/mol. The normalized spacial score (nSPS) is 14.7. The second-order valence-corrected chi connectivity index (χ2v) is 9.60. The molecule has 1 aromatic heterocycles. The molecule has 1 saturated heterocycles. The number of hydrogen-bond acceptors (Lipinski definition) is 5. The Kier molecular flexibility index (Phi) is 6.76. The maximum Gasteiger partial charge on any atom is 0.266 e. The second-order valence-electron chi connectivity index (χ2n) is 8.22. The van der Waals surface area contributed by atoms with Crippen molar-refractivity contribution in [2.75, 3.05) is 26.0 Å². The number of likely N-dealkylation sites (tertiary alicyclic amines) is 1. The molecule has 0 radical (unpaired) electrons. The maximum atomic E-state index is 13.5. The number of piperidine rings is 1. The van der Waals surface area contributed by atoms with Crippen molar-refractivity contribution in [2.45, 2.75) is 31.8 Å². The number of thioether (sulfide) groups is 1. The van der Waals surface area contributed by atoms with Crippen LogP contribution in [0.25, 0.3) is 16.6 Å². The van der Waals surface area contributed by atoms with Crippen LogP contribution in [0.5, 0.6) is 5.75 Å². The highest BCUT2D eigenvalue weighted by Gasteiger charge is 2.22. The van der Waals surface area contributed by atoms with E-state index in [1.54, 1.807) is 25.3 Å². The van der Waals surface area contributed by atoms with Gasteiger partial charge in [-0.3, -0.25) is 14.2 Å². The fraction of sp³-hybridized carbons (Fsp3) is 0.375. The molecule has 0 spiro atoms. The van der Waals surface area contributed by atoms with Gasteiger partial charge < -0.3 is 9.64 Å². The molecule has 0 atom stereocenters. The summed E-state index contributed by atoms with van der Waals surface area (Å²) in [5, 5.41) is 1.40. The summed E-state index contributed by atoms with van der Waals surface area (Å²) in [6.45, 7) is 5.73. The van der Waals surface area contributed by atoms with E-state index in [2.05, 4.69) is 6.92 Å². The number of fused-ring (bicyclic) bond motifs is 1. The van der Waals surface area contributed by atoms with E-state index in [1.165, 1.54) is 16.3 Å². The zero-order valence-corrected chi connectivity index (χ0v) is 20.0. The lowest BCUT2D eigenvalue weighted by Gasteiger charge is -2.30. The number of aromatic nitrogens is 2. The van der Waals surface area contributed by atoms with E-state index in [0.29, 0.717) is 38.4 Å². The quantitative estimate of drug-likeness (QED) is 0.398. The van der Waals surface area contributed by atoms with Crippen LogP contribution in [0, 0.1) is 12.8 Å². The summed E-state index contributed by atoms with van der Waals surface area (Å²) in [5.41, 5.74) is 1.87. The molecule has 8 heteroatoms. The average Bonchev–Trinajstić information content (AvgIpc) is 2.77. The van der Waals surface area contributed by atoms with Gasteiger partial charge in [0.1, 0.15) is 5.75 Å². The Bertz CT molecular complexity index is 1220. The molecule has 168 valence electrons. The third-order valence-corrected chi connectivity index (χ3v) is 7.00. The summed E-state index contributed by atoms with van der Waals surface area (Å²) >= 11 is 7.42. The van der Waals surface area contributed by atoms with E-state index < -0.39 is 0 Å². The van der Waals surface area contributed by atoms with E-state index in [9.17, 15) is 9.59 Å². The van der Waals surface area contributed by atoms with Gasteiger partial charge in [-0.25, -0.2) is 4.98 Å². The zero-order chi connectivity index (χ0) is 22.8. The van der Waals surface area contributed by atoms with Gasteiger partial charge in [0.15, 0.2) is 5.16 Å². The first-order valence-corrected chi connectivity index (χ1v) is 12.0. The molecule has 0 bridgehead atoms.